The second-order valence-corrected chi connectivity index (χ2v) is 6.56. The molecule has 0 amide bonds. The van der Waals surface area contributed by atoms with Crippen LogP contribution in [0.1, 0.15) is 11.1 Å². The van der Waals surface area contributed by atoms with E-state index >= 15 is 0 Å². The lowest BCUT2D eigenvalue weighted by atomic mass is 9.80. The molecule has 2 aromatic rings. The van der Waals surface area contributed by atoms with Crippen LogP contribution < -0.4 is 4.90 Å². The van der Waals surface area contributed by atoms with Crippen molar-refractivity contribution in [2.75, 3.05) is 19.0 Å². The molecule has 0 aliphatic rings. The quantitative estimate of drug-likeness (QED) is 0.703. The van der Waals surface area contributed by atoms with Crippen molar-refractivity contribution in [1.82, 2.24) is 0 Å². The van der Waals surface area contributed by atoms with Crippen LogP contribution in [0.2, 0.25) is 0 Å². The number of benzene rings is 2. The third-order valence-electron chi connectivity index (χ3n) is 3.88. The zero-order valence-electron chi connectivity index (χ0n) is 13.3. The number of hydrogen-bond donors (Lipinski definition) is 1. The van der Waals surface area contributed by atoms with Crippen molar-refractivity contribution in [3.63, 3.8) is 0 Å². The van der Waals surface area contributed by atoms with Crippen LogP contribution in [0, 0.1) is 0 Å². The van der Waals surface area contributed by atoms with Crippen molar-refractivity contribution in [1.29, 1.82) is 0 Å². The Bertz CT molecular complexity index is 745. The van der Waals surface area contributed by atoms with Gasteiger partial charge in [0.1, 0.15) is 0 Å². The predicted octanol–water partition coefficient (Wildman–Crippen LogP) is 4.95. The summed E-state index contributed by atoms with van der Waals surface area (Å²) >= 11 is 2.96. The largest absolute Gasteiger partial charge is 0.457 e. The number of nitrogens with zero attached hydrogens (tertiary/aromatic N) is 1. The fraction of sp³-hybridized carbons (Fsp3) is 0.294. The van der Waals surface area contributed by atoms with Gasteiger partial charge in [-0.25, -0.2) is 0 Å². The SMILES string of the molecule is CN(C)c1ccc(C(O)(c2ccccc2Br)C(F)(F)C(F)(F)F)cc1. The van der Waals surface area contributed by atoms with Crippen LogP contribution in [0.25, 0.3) is 0 Å². The Kier molecular flexibility index (Phi) is 5.16. The number of halogens is 6. The highest BCUT2D eigenvalue weighted by Gasteiger charge is 2.71. The van der Waals surface area contributed by atoms with E-state index in [0.717, 1.165) is 18.2 Å². The molecule has 0 saturated heterocycles. The van der Waals surface area contributed by atoms with Crippen LogP contribution in [-0.2, 0) is 5.60 Å². The molecule has 2 rings (SSSR count). The average Bonchev–Trinajstić information content (AvgIpc) is 2.53. The normalized spacial score (nSPS) is 14.9. The molecule has 0 heterocycles. The van der Waals surface area contributed by atoms with Gasteiger partial charge in [-0.05, 0) is 23.8 Å². The second-order valence-electron chi connectivity index (χ2n) is 5.70. The van der Waals surface area contributed by atoms with Gasteiger partial charge in [0.05, 0.1) is 0 Å². The van der Waals surface area contributed by atoms with Crippen molar-refractivity contribution in [2.24, 2.45) is 0 Å². The average molecular weight is 424 g/mol. The van der Waals surface area contributed by atoms with Gasteiger partial charge in [0, 0.05) is 29.8 Å². The van der Waals surface area contributed by atoms with Gasteiger partial charge in [-0.15, -0.1) is 0 Å². The Hall–Kier alpha value is -1.67. The van der Waals surface area contributed by atoms with E-state index in [-0.39, 0.29) is 4.47 Å². The molecule has 1 unspecified atom stereocenters. The molecule has 136 valence electrons. The highest BCUT2D eigenvalue weighted by molar-refractivity contribution is 9.10. The van der Waals surface area contributed by atoms with E-state index in [1.807, 2.05) is 0 Å². The first kappa shape index (κ1) is 19.7. The molecule has 25 heavy (non-hydrogen) atoms. The minimum absolute atomic E-state index is 0.0573. The maximum absolute atomic E-state index is 14.4. The van der Waals surface area contributed by atoms with Crippen LogP contribution >= 0.6 is 15.9 Å². The number of alkyl halides is 5. The third-order valence-corrected chi connectivity index (χ3v) is 4.57. The predicted molar refractivity (Wildman–Crippen MR) is 88.9 cm³/mol. The standard InChI is InChI=1S/C17H15BrF5NO/c1-24(2)12-9-7-11(8-10-12)15(25,16(19,20)17(21,22)23)13-5-3-4-6-14(13)18/h3-10,25H,1-2H3. The van der Waals surface area contributed by atoms with Crippen LogP contribution in [0.5, 0.6) is 0 Å². The van der Waals surface area contributed by atoms with Crippen LogP contribution in [0.4, 0.5) is 27.6 Å². The monoisotopic (exact) mass is 423 g/mol. The van der Waals surface area contributed by atoms with Gasteiger partial charge in [-0.1, -0.05) is 46.3 Å². The van der Waals surface area contributed by atoms with Gasteiger partial charge < -0.3 is 10.0 Å². The van der Waals surface area contributed by atoms with E-state index in [1.165, 1.54) is 30.3 Å². The second kappa shape index (κ2) is 6.57. The van der Waals surface area contributed by atoms with Gasteiger partial charge in [-0.3, -0.25) is 0 Å². The smallest absolute Gasteiger partial charge is 0.378 e. The molecular weight excluding hydrogens is 409 g/mol. The molecule has 0 aromatic heterocycles. The zero-order chi connectivity index (χ0) is 19.0. The summed E-state index contributed by atoms with van der Waals surface area (Å²) < 4.78 is 68.0. The van der Waals surface area contributed by atoms with E-state index in [1.54, 1.807) is 19.0 Å². The fourth-order valence-corrected chi connectivity index (χ4v) is 3.04. The molecule has 0 radical (unpaired) electrons. The summed E-state index contributed by atoms with van der Waals surface area (Å²) in [5.41, 5.74) is -4.13. The molecule has 1 N–H and O–H groups in total. The van der Waals surface area contributed by atoms with E-state index in [2.05, 4.69) is 15.9 Å². The van der Waals surface area contributed by atoms with Crippen molar-refractivity contribution in [2.45, 2.75) is 17.7 Å². The van der Waals surface area contributed by atoms with E-state index in [4.69, 9.17) is 0 Å². The summed E-state index contributed by atoms with van der Waals surface area (Å²) in [7, 11) is 3.39. The van der Waals surface area contributed by atoms with Gasteiger partial charge in [-0.2, -0.15) is 22.0 Å². The number of anilines is 1. The maximum Gasteiger partial charge on any atom is 0.457 e. The Morgan fingerprint density at radius 1 is 0.880 bits per heavy atom. The first-order valence-electron chi connectivity index (χ1n) is 7.12. The molecule has 2 nitrogen and oxygen atoms in total. The summed E-state index contributed by atoms with van der Waals surface area (Å²) in [5, 5.41) is 10.7. The molecule has 0 aliphatic heterocycles. The Labute approximate surface area is 150 Å². The first-order chi connectivity index (χ1) is 11.4. The lowest BCUT2D eigenvalue weighted by molar-refractivity contribution is -0.336. The van der Waals surface area contributed by atoms with Crippen molar-refractivity contribution in [3.8, 4) is 0 Å². The summed E-state index contributed by atoms with van der Waals surface area (Å²) in [4.78, 5) is 1.66. The van der Waals surface area contributed by atoms with Crippen LogP contribution in [-0.4, -0.2) is 31.3 Å². The lowest BCUT2D eigenvalue weighted by Gasteiger charge is -2.38. The molecule has 0 bridgehead atoms. The summed E-state index contributed by atoms with van der Waals surface area (Å²) in [5.74, 6) is -5.41. The molecule has 0 saturated carbocycles. The lowest BCUT2D eigenvalue weighted by Crippen LogP contribution is -2.55. The van der Waals surface area contributed by atoms with Gasteiger partial charge in [0.25, 0.3) is 0 Å². The summed E-state index contributed by atoms with van der Waals surface area (Å²) in [6.45, 7) is 0. The zero-order valence-corrected chi connectivity index (χ0v) is 14.9. The Balaban J connectivity index is 2.76. The topological polar surface area (TPSA) is 23.5 Å². The van der Waals surface area contributed by atoms with E-state index in [9.17, 15) is 27.1 Å². The number of hydrogen-bond acceptors (Lipinski definition) is 2. The molecule has 2 aromatic carbocycles. The van der Waals surface area contributed by atoms with Crippen molar-refractivity contribution < 1.29 is 27.1 Å². The molecular formula is C17H15BrF5NO. The van der Waals surface area contributed by atoms with Gasteiger partial charge >= 0.3 is 12.1 Å². The van der Waals surface area contributed by atoms with Crippen molar-refractivity contribution in [3.05, 3.63) is 64.1 Å². The molecule has 0 spiro atoms. The minimum atomic E-state index is -5.95. The number of rotatable bonds is 4. The van der Waals surface area contributed by atoms with Gasteiger partial charge in [0.2, 0.25) is 0 Å². The molecule has 0 fully saturated rings. The third kappa shape index (κ3) is 3.25. The number of aliphatic hydroxyl groups is 1. The van der Waals surface area contributed by atoms with Crippen LogP contribution in [0.3, 0.4) is 0 Å². The summed E-state index contributed by atoms with van der Waals surface area (Å²) in [6.07, 6.45) is -5.95. The summed E-state index contributed by atoms with van der Waals surface area (Å²) in [6, 6.07) is 9.92. The van der Waals surface area contributed by atoms with E-state index < -0.39 is 28.8 Å². The first-order valence-corrected chi connectivity index (χ1v) is 7.92. The molecule has 1 atom stereocenters. The molecule has 8 heteroatoms. The van der Waals surface area contributed by atoms with Crippen molar-refractivity contribution >= 4 is 21.6 Å². The van der Waals surface area contributed by atoms with Crippen LogP contribution in [0.15, 0.2) is 53.0 Å². The minimum Gasteiger partial charge on any atom is -0.378 e. The Morgan fingerprint density at radius 3 is 1.84 bits per heavy atom. The highest BCUT2D eigenvalue weighted by Crippen LogP contribution is 2.53. The Morgan fingerprint density at radius 2 is 1.40 bits per heavy atom. The van der Waals surface area contributed by atoms with E-state index in [0.29, 0.717) is 5.69 Å². The maximum atomic E-state index is 14.4. The van der Waals surface area contributed by atoms with Gasteiger partial charge in [0.15, 0.2) is 5.60 Å². The molecule has 0 aliphatic carbocycles. The fourth-order valence-electron chi connectivity index (χ4n) is 2.47. The highest BCUT2D eigenvalue weighted by atomic mass is 79.9.